The van der Waals surface area contributed by atoms with E-state index in [4.69, 9.17) is 9.97 Å². The molecular weight excluding hydrogens is 849 g/mol. The van der Waals surface area contributed by atoms with Gasteiger partial charge in [-0.2, -0.15) is 0 Å². The van der Waals surface area contributed by atoms with E-state index in [-0.39, 0.29) is 17.9 Å². The summed E-state index contributed by atoms with van der Waals surface area (Å²) in [5.41, 5.74) is 16.2. The van der Waals surface area contributed by atoms with Crippen molar-refractivity contribution in [2.24, 2.45) is 0 Å². The van der Waals surface area contributed by atoms with Gasteiger partial charge in [0.25, 0.3) is 0 Å². The van der Waals surface area contributed by atoms with E-state index in [0.29, 0.717) is 0 Å². The van der Waals surface area contributed by atoms with Crippen LogP contribution in [0.5, 0.6) is 0 Å². The molecule has 4 heteroatoms. The number of fused-ring (bicyclic) bond motifs is 13. The topological polar surface area (TPSA) is 34.0 Å². The van der Waals surface area contributed by atoms with Crippen LogP contribution in [0.3, 0.4) is 0 Å². The highest BCUT2D eigenvalue weighted by atomic mass is 15.2. The van der Waals surface area contributed by atoms with Gasteiger partial charge in [0.15, 0.2) is 0 Å². The van der Waals surface area contributed by atoms with Crippen molar-refractivity contribution < 1.29 is 0 Å². The number of pyridine rings is 2. The molecule has 0 amide bonds. The zero-order chi connectivity index (χ0) is 45.9. The Morgan fingerprint density at radius 3 is 1.90 bits per heavy atom. The number of rotatable bonds is 5. The van der Waals surface area contributed by atoms with Crippen molar-refractivity contribution in [1.29, 1.82) is 0 Å². The molecular formula is C66H44N4. The summed E-state index contributed by atoms with van der Waals surface area (Å²) in [6.45, 7) is 0. The summed E-state index contributed by atoms with van der Waals surface area (Å²) >= 11 is 0. The smallest absolute Gasteiger partial charge is 0.0978 e. The summed E-state index contributed by atoms with van der Waals surface area (Å²) in [4.78, 5) is 13.6. The summed E-state index contributed by atoms with van der Waals surface area (Å²) < 4.78 is 2.49. The first-order chi connectivity index (χ1) is 34.8. The molecule has 0 radical (unpaired) electrons. The predicted molar refractivity (Wildman–Crippen MR) is 293 cm³/mol. The van der Waals surface area contributed by atoms with Crippen molar-refractivity contribution >= 4 is 81.7 Å². The highest BCUT2D eigenvalue weighted by Gasteiger charge is 2.41. The van der Waals surface area contributed by atoms with Crippen molar-refractivity contribution in [2.45, 2.75) is 24.3 Å². The molecule has 1 aliphatic heterocycles. The molecule has 0 fully saturated rings. The molecule has 70 heavy (non-hydrogen) atoms. The average molecular weight is 893 g/mol. The van der Waals surface area contributed by atoms with Crippen LogP contribution in [0.2, 0.25) is 0 Å². The highest BCUT2D eigenvalue weighted by Crippen LogP contribution is 2.53. The van der Waals surface area contributed by atoms with Crippen molar-refractivity contribution in [3.8, 4) is 28.1 Å². The Balaban J connectivity index is 0.879. The lowest BCUT2D eigenvalue weighted by molar-refractivity contribution is 0.721. The van der Waals surface area contributed by atoms with Gasteiger partial charge in [-0.3, -0.25) is 0 Å². The van der Waals surface area contributed by atoms with E-state index in [1.54, 1.807) is 0 Å². The summed E-state index contributed by atoms with van der Waals surface area (Å²) in [7, 11) is 0. The molecule has 3 unspecified atom stereocenters. The molecule has 0 spiro atoms. The Labute approximate surface area is 405 Å². The van der Waals surface area contributed by atoms with Gasteiger partial charge in [0.05, 0.1) is 45.0 Å². The molecule has 0 bridgehead atoms. The van der Waals surface area contributed by atoms with Gasteiger partial charge in [0.1, 0.15) is 0 Å². The van der Waals surface area contributed by atoms with Crippen LogP contribution >= 0.6 is 0 Å². The molecule has 3 aromatic heterocycles. The lowest BCUT2D eigenvalue weighted by Gasteiger charge is -2.32. The average Bonchev–Trinajstić information content (AvgIpc) is 3.95. The minimum absolute atomic E-state index is 0.168. The number of benzene rings is 9. The maximum atomic E-state index is 5.62. The molecule has 9 aromatic carbocycles. The van der Waals surface area contributed by atoms with E-state index in [2.05, 4.69) is 246 Å². The standard InChI is InChI=1S/C66H44N4/c1-3-17-41(18-4-1)61-54-27-11-14-28-56(54)67-64-55(61)37-33-43-34-40-57(68-63(43)64)62-50-25-9-7-23-48(50)60(49-24-8-10-26-51(49)62)42-31-35-45(36-32-42)70-59-30-16-13-22-47(59)53-39-38-52-46-21-12-15-29-58(46)69(65(52)66(53)70)44-19-5-2-6-20-44/h1-31,33-40,42,47,59H,32H2. The molecule has 0 saturated heterocycles. The minimum Gasteiger partial charge on any atom is -0.332 e. The van der Waals surface area contributed by atoms with E-state index in [9.17, 15) is 0 Å². The predicted octanol–water partition coefficient (Wildman–Crippen LogP) is 16.7. The molecule has 328 valence electrons. The van der Waals surface area contributed by atoms with E-state index < -0.39 is 0 Å². The second kappa shape index (κ2) is 15.3. The van der Waals surface area contributed by atoms with E-state index >= 15 is 0 Å². The van der Waals surface area contributed by atoms with Crippen LogP contribution in [0, 0.1) is 0 Å². The SMILES string of the molecule is C1=CC2c3ccc4c5ccccc5n(-c5ccccc5)c4c3N(C3=CCC(c4c5ccccc5c(-c5ccc6ccc7c(-c8ccccc8)c8ccccc8nc7c6n5)c5ccccc45)C=C3)C2C=C1. The van der Waals surface area contributed by atoms with E-state index in [1.807, 2.05) is 0 Å². The second-order valence-electron chi connectivity index (χ2n) is 19.1. The van der Waals surface area contributed by atoms with Crippen LogP contribution in [0.4, 0.5) is 5.69 Å². The summed E-state index contributed by atoms with van der Waals surface area (Å²) in [6, 6.07) is 70.7. The fraction of sp³-hybridized carbons (Fsp3) is 0.0606. The van der Waals surface area contributed by atoms with Gasteiger partial charge in [-0.1, -0.05) is 200 Å². The van der Waals surface area contributed by atoms with Crippen LogP contribution < -0.4 is 4.90 Å². The molecule has 0 saturated carbocycles. The zero-order valence-electron chi connectivity index (χ0n) is 38.2. The fourth-order valence-electron chi connectivity index (χ4n) is 12.4. The number of hydrogen-bond donors (Lipinski definition) is 0. The Morgan fingerprint density at radius 1 is 0.471 bits per heavy atom. The fourth-order valence-corrected chi connectivity index (χ4v) is 12.4. The first kappa shape index (κ1) is 39.2. The first-order valence-corrected chi connectivity index (χ1v) is 24.5. The van der Waals surface area contributed by atoms with Gasteiger partial charge in [-0.05, 0) is 81.1 Å². The third-order valence-corrected chi connectivity index (χ3v) is 15.4. The molecule has 3 atom stereocenters. The maximum absolute atomic E-state index is 5.62. The Hall–Kier alpha value is -8.86. The quantitative estimate of drug-likeness (QED) is 0.128. The number of hydrogen-bond acceptors (Lipinski definition) is 3. The van der Waals surface area contributed by atoms with Crippen LogP contribution in [-0.4, -0.2) is 20.6 Å². The molecule has 2 aliphatic carbocycles. The third-order valence-electron chi connectivity index (χ3n) is 15.4. The monoisotopic (exact) mass is 892 g/mol. The number of aromatic nitrogens is 3. The highest BCUT2D eigenvalue weighted by molar-refractivity contribution is 6.19. The number of allylic oxidation sites excluding steroid dienone is 5. The van der Waals surface area contributed by atoms with Crippen LogP contribution in [-0.2, 0) is 0 Å². The van der Waals surface area contributed by atoms with Crippen LogP contribution in [0.1, 0.15) is 29.4 Å². The summed E-state index contributed by atoms with van der Waals surface area (Å²) in [5, 5.41) is 10.8. The van der Waals surface area contributed by atoms with Crippen molar-refractivity contribution in [1.82, 2.24) is 14.5 Å². The largest absolute Gasteiger partial charge is 0.332 e. The minimum atomic E-state index is 0.168. The first-order valence-electron chi connectivity index (χ1n) is 24.5. The Bertz CT molecular complexity index is 4230. The normalized spacial score (nSPS) is 17.4. The number of para-hydroxylation sites is 3. The second-order valence-corrected chi connectivity index (χ2v) is 19.1. The van der Waals surface area contributed by atoms with Gasteiger partial charge >= 0.3 is 0 Å². The van der Waals surface area contributed by atoms with Gasteiger partial charge in [-0.15, -0.1) is 0 Å². The van der Waals surface area contributed by atoms with Gasteiger partial charge in [-0.25, -0.2) is 9.97 Å². The Kier molecular flexibility index (Phi) is 8.58. The molecule has 0 N–H and O–H groups in total. The molecule has 3 aliphatic rings. The van der Waals surface area contributed by atoms with Gasteiger partial charge in [0.2, 0.25) is 0 Å². The number of anilines is 1. The van der Waals surface area contributed by atoms with Crippen LogP contribution in [0.25, 0.3) is 104 Å². The maximum Gasteiger partial charge on any atom is 0.0978 e. The molecule has 4 nitrogen and oxygen atoms in total. The molecule has 12 aromatic rings. The Morgan fingerprint density at radius 2 is 1.13 bits per heavy atom. The summed E-state index contributed by atoms with van der Waals surface area (Å²) in [5.74, 6) is 0.419. The van der Waals surface area contributed by atoms with Gasteiger partial charge in [0, 0.05) is 61.3 Å². The van der Waals surface area contributed by atoms with E-state index in [0.717, 1.165) is 50.4 Å². The summed E-state index contributed by atoms with van der Waals surface area (Å²) in [6.07, 6.45) is 17.5. The number of nitrogens with zero attached hydrogens (tertiary/aromatic N) is 4. The van der Waals surface area contributed by atoms with Crippen molar-refractivity contribution in [3.05, 3.63) is 253 Å². The van der Waals surface area contributed by atoms with E-state index in [1.165, 1.54) is 82.7 Å². The van der Waals surface area contributed by atoms with Gasteiger partial charge < -0.3 is 9.47 Å². The van der Waals surface area contributed by atoms with Crippen molar-refractivity contribution in [3.63, 3.8) is 0 Å². The van der Waals surface area contributed by atoms with Crippen LogP contribution in [0.15, 0.2) is 242 Å². The lowest BCUT2D eigenvalue weighted by atomic mass is 9.82. The third kappa shape index (κ3) is 5.71. The molecule has 4 heterocycles. The molecule has 15 rings (SSSR count). The van der Waals surface area contributed by atoms with Crippen molar-refractivity contribution in [2.75, 3.05) is 4.90 Å². The zero-order valence-corrected chi connectivity index (χ0v) is 38.2. The lowest BCUT2D eigenvalue weighted by Crippen LogP contribution is -2.32.